The van der Waals surface area contributed by atoms with E-state index < -0.39 is 6.04 Å². The lowest BCUT2D eigenvalue weighted by atomic mass is 10.1. The maximum absolute atomic E-state index is 12.2. The fourth-order valence-corrected chi connectivity index (χ4v) is 4.07. The summed E-state index contributed by atoms with van der Waals surface area (Å²) in [6, 6.07) is 10.5. The topological polar surface area (TPSA) is 99.0 Å². The molecule has 146 valence electrons. The van der Waals surface area contributed by atoms with Gasteiger partial charge in [-0.2, -0.15) is 0 Å². The molecule has 2 aromatic rings. The summed E-state index contributed by atoms with van der Waals surface area (Å²) in [6.07, 6.45) is 2.15. The second-order valence-electron chi connectivity index (χ2n) is 6.35. The van der Waals surface area contributed by atoms with Crippen molar-refractivity contribution in [2.45, 2.75) is 25.0 Å². The van der Waals surface area contributed by atoms with Crippen molar-refractivity contribution in [3.05, 3.63) is 59.0 Å². The molecule has 0 aliphatic carbocycles. The lowest BCUT2D eigenvalue weighted by molar-refractivity contribution is -0.125. The number of halogens is 1. The van der Waals surface area contributed by atoms with Crippen molar-refractivity contribution in [2.75, 3.05) is 5.75 Å². The highest BCUT2D eigenvalue weighted by Crippen LogP contribution is 2.31. The van der Waals surface area contributed by atoms with E-state index >= 15 is 0 Å². The molecule has 2 amide bonds. The first-order valence-corrected chi connectivity index (χ1v) is 10.1. The van der Waals surface area contributed by atoms with Gasteiger partial charge in [-0.1, -0.05) is 41.6 Å². The second-order valence-corrected chi connectivity index (χ2v) is 7.70. The van der Waals surface area contributed by atoms with Crippen molar-refractivity contribution in [1.29, 1.82) is 0 Å². The van der Waals surface area contributed by atoms with Gasteiger partial charge in [0.2, 0.25) is 5.91 Å². The number of hydrazone groups is 1. The minimum Gasteiger partial charge on any atom is -0.468 e. The van der Waals surface area contributed by atoms with Gasteiger partial charge in [0.05, 0.1) is 18.1 Å². The molecule has 0 spiro atoms. The summed E-state index contributed by atoms with van der Waals surface area (Å²) >= 11 is 7.34. The van der Waals surface area contributed by atoms with Crippen LogP contribution in [0.2, 0.25) is 5.02 Å². The Hall–Kier alpha value is -2.49. The standard InChI is InChI=1S/C18H18ClN5O3S/c19-12-5-2-1-4-11(12)9-20-16(25)10-28-18-22-21-17(26)14-8-13(23-24(14)18)15-6-3-7-27-15/h1-7,13-14,23H,8-10H2,(H,20,25)(H,21,26). The Morgan fingerprint density at radius 1 is 1.36 bits per heavy atom. The van der Waals surface area contributed by atoms with Crippen LogP contribution in [0.15, 0.2) is 52.2 Å². The summed E-state index contributed by atoms with van der Waals surface area (Å²) in [6.45, 7) is 0.355. The largest absolute Gasteiger partial charge is 0.468 e. The molecule has 2 aliphatic heterocycles. The van der Waals surface area contributed by atoms with E-state index in [0.717, 1.165) is 11.3 Å². The number of nitrogens with zero attached hydrogens (tertiary/aromatic N) is 2. The molecule has 1 aromatic carbocycles. The normalized spacial score (nSPS) is 21.1. The van der Waals surface area contributed by atoms with Gasteiger partial charge in [-0.3, -0.25) is 14.6 Å². The third-order valence-electron chi connectivity index (χ3n) is 4.49. The Balaban J connectivity index is 1.33. The molecule has 2 aliphatic rings. The zero-order valence-corrected chi connectivity index (χ0v) is 16.3. The van der Waals surface area contributed by atoms with Crippen LogP contribution in [0.3, 0.4) is 0 Å². The summed E-state index contributed by atoms with van der Waals surface area (Å²) in [4.78, 5) is 24.3. The number of nitrogens with one attached hydrogen (secondary N) is 3. The fraction of sp³-hybridized carbons (Fsp3) is 0.278. The molecule has 3 heterocycles. The lowest BCUT2D eigenvalue weighted by Crippen LogP contribution is -2.52. The van der Waals surface area contributed by atoms with E-state index in [4.69, 9.17) is 16.0 Å². The quantitative estimate of drug-likeness (QED) is 0.685. The van der Waals surface area contributed by atoms with E-state index in [2.05, 4.69) is 21.3 Å². The second kappa shape index (κ2) is 8.26. The molecular formula is C18H18ClN5O3S. The molecule has 1 fully saturated rings. The highest BCUT2D eigenvalue weighted by Gasteiger charge is 2.42. The van der Waals surface area contributed by atoms with Gasteiger partial charge in [-0.05, 0) is 23.8 Å². The van der Waals surface area contributed by atoms with Crippen LogP contribution in [0.4, 0.5) is 0 Å². The molecular weight excluding hydrogens is 402 g/mol. The number of thioether (sulfide) groups is 1. The number of hydrogen-bond acceptors (Lipinski definition) is 7. The van der Waals surface area contributed by atoms with Gasteiger partial charge in [0.1, 0.15) is 11.8 Å². The van der Waals surface area contributed by atoms with Crippen molar-refractivity contribution >= 4 is 40.3 Å². The summed E-state index contributed by atoms with van der Waals surface area (Å²) in [5.41, 5.74) is 6.62. The molecule has 1 aromatic heterocycles. The Kier molecular flexibility index (Phi) is 5.56. The number of benzene rings is 1. The van der Waals surface area contributed by atoms with E-state index in [1.54, 1.807) is 17.3 Å². The van der Waals surface area contributed by atoms with Crippen LogP contribution >= 0.6 is 23.4 Å². The van der Waals surface area contributed by atoms with E-state index in [0.29, 0.717) is 23.2 Å². The number of carbonyl (C=O) groups is 2. The maximum atomic E-state index is 12.2. The predicted octanol–water partition coefficient (Wildman–Crippen LogP) is 2.00. The van der Waals surface area contributed by atoms with Crippen LogP contribution < -0.4 is 16.2 Å². The van der Waals surface area contributed by atoms with Crippen LogP contribution in [-0.4, -0.2) is 33.8 Å². The Labute approximate surface area is 170 Å². The fourth-order valence-electron chi connectivity index (χ4n) is 3.07. The monoisotopic (exact) mass is 419 g/mol. The van der Waals surface area contributed by atoms with E-state index in [-0.39, 0.29) is 23.6 Å². The number of hydrogen-bond donors (Lipinski definition) is 3. The van der Waals surface area contributed by atoms with Crippen molar-refractivity contribution in [1.82, 2.24) is 21.2 Å². The van der Waals surface area contributed by atoms with Crippen molar-refractivity contribution in [2.24, 2.45) is 5.10 Å². The SMILES string of the molecule is O=C(CSC1=NNC(=O)C2CC(c3ccco3)NN12)NCc1ccccc1Cl. The number of furan rings is 1. The Morgan fingerprint density at radius 2 is 2.21 bits per heavy atom. The van der Waals surface area contributed by atoms with Gasteiger partial charge in [0.15, 0.2) is 5.17 Å². The predicted molar refractivity (Wildman–Crippen MR) is 106 cm³/mol. The number of fused-ring (bicyclic) bond motifs is 1. The summed E-state index contributed by atoms with van der Waals surface area (Å²) in [5, 5.41) is 9.78. The Morgan fingerprint density at radius 3 is 3.00 bits per heavy atom. The first-order chi connectivity index (χ1) is 13.6. The molecule has 1 saturated heterocycles. The molecule has 0 radical (unpaired) electrons. The number of amides is 2. The van der Waals surface area contributed by atoms with Gasteiger partial charge >= 0.3 is 0 Å². The van der Waals surface area contributed by atoms with E-state index in [9.17, 15) is 9.59 Å². The first kappa shape index (κ1) is 18.9. The van der Waals surface area contributed by atoms with Gasteiger partial charge in [-0.15, -0.1) is 5.10 Å². The third kappa shape index (κ3) is 4.01. The molecule has 0 saturated carbocycles. The molecule has 2 atom stereocenters. The van der Waals surface area contributed by atoms with Gasteiger partial charge in [-0.25, -0.2) is 10.9 Å². The summed E-state index contributed by atoms with van der Waals surface area (Å²) in [5.74, 6) is 0.580. The molecule has 10 heteroatoms. The van der Waals surface area contributed by atoms with Crippen LogP contribution in [-0.2, 0) is 16.1 Å². The highest BCUT2D eigenvalue weighted by molar-refractivity contribution is 8.14. The number of carbonyl (C=O) groups excluding carboxylic acids is 2. The molecule has 4 rings (SSSR count). The van der Waals surface area contributed by atoms with Crippen molar-refractivity contribution in [3.63, 3.8) is 0 Å². The van der Waals surface area contributed by atoms with Gasteiger partial charge < -0.3 is 9.73 Å². The minimum absolute atomic E-state index is 0.122. The van der Waals surface area contributed by atoms with E-state index in [1.165, 1.54) is 11.8 Å². The zero-order chi connectivity index (χ0) is 19.5. The maximum Gasteiger partial charge on any atom is 0.264 e. The van der Waals surface area contributed by atoms with Gasteiger partial charge in [0, 0.05) is 18.0 Å². The van der Waals surface area contributed by atoms with Crippen molar-refractivity contribution < 1.29 is 14.0 Å². The molecule has 0 bridgehead atoms. The van der Waals surface area contributed by atoms with Gasteiger partial charge in [0.25, 0.3) is 5.91 Å². The average Bonchev–Trinajstić information content (AvgIpc) is 3.37. The number of amidine groups is 1. The Bertz CT molecular complexity index is 904. The molecule has 2 unspecified atom stereocenters. The summed E-state index contributed by atoms with van der Waals surface area (Å²) in [7, 11) is 0. The lowest BCUT2D eigenvalue weighted by Gasteiger charge is -2.29. The van der Waals surface area contributed by atoms with E-state index in [1.807, 2.05) is 30.3 Å². The minimum atomic E-state index is -0.402. The van der Waals surface area contributed by atoms with Crippen LogP contribution in [0.5, 0.6) is 0 Å². The number of hydrazine groups is 1. The third-order valence-corrected chi connectivity index (χ3v) is 5.81. The summed E-state index contributed by atoms with van der Waals surface area (Å²) < 4.78 is 5.43. The highest BCUT2D eigenvalue weighted by atomic mass is 35.5. The smallest absolute Gasteiger partial charge is 0.264 e. The first-order valence-electron chi connectivity index (χ1n) is 8.71. The molecule has 3 N–H and O–H groups in total. The number of rotatable bonds is 5. The molecule has 28 heavy (non-hydrogen) atoms. The van der Waals surface area contributed by atoms with Crippen LogP contribution in [0.1, 0.15) is 23.8 Å². The van der Waals surface area contributed by atoms with Crippen LogP contribution in [0, 0.1) is 0 Å². The zero-order valence-electron chi connectivity index (χ0n) is 14.7. The molecule has 8 nitrogen and oxygen atoms in total. The average molecular weight is 420 g/mol. The van der Waals surface area contributed by atoms with Crippen LogP contribution in [0.25, 0.3) is 0 Å². The van der Waals surface area contributed by atoms with Crippen molar-refractivity contribution in [3.8, 4) is 0 Å².